The number of hydrogen-bond donors (Lipinski definition) is 0. The molecule has 4 heteroatoms. The van der Waals surface area contributed by atoms with Crippen LogP contribution in [0, 0.1) is 0 Å². The van der Waals surface area contributed by atoms with Crippen LogP contribution in [0.3, 0.4) is 0 Å². The zero-order chi connectivity index (χ0) is 2.71. The molecule has 0 fully saturated rings. The van der Waals surface area contributed by atoms with Crippen molar-refractivity contribution < 1.29 is 28.4 Å². The first-order chi connectivity index (χ1) is 1.41. The molecule has 36 valence electrons. The quantitative estimate of drug-likeness (QED) is 0.595. The Labute approximate surface area is 56.1 Å². The van der Waals surface area contributed by atoms with E-state index in [1.807, 2.05) is 0 Å². The van der Waals surface area contributed by atoms with Gasteiger partial charge in [-0.1, -0.05) is 0 Å². The van der Waals surface area contributed by atoms with Crippen molar-refractivity contribution in [3.8, 4) is 0 Å². The summed E-state index contributed by atoms with van der Waals surface area (Å²) in [4.78, 5) is 0. The molecule has 0 aromatic rings. The smallest absolute Gasteiger partial charge is 0 e. The van der Waals surface area contributed by atoms with Gasteiger partial charge < -0.3 is 0 Å². The Morgan fingerprint density at radius 3 is 1.25 bits per heavy atom. The van der Waals surface area contributed by atoms with Crippen LogP contribution in [0.1, 0.15) is 0 Å². The van der Waals surface area contributed by atoms with Gasteiger partial charge in [-0.2, -0.15) is 0 Å². The minimum Gasteiger partial charge on any atom is 0 e. The maximum absolute atomic E-state index is 2.97. The molecule has 0 aromatic carbocycles. The molecule has 0 rings (SSSR count). The fraction of sp³-hybridized carbons (Fsp3) is 0. The van der Waals surface area contributed by atoms with Crippen LogP contribution in [0.4, 0.5) is 0 Å². The normalized spacial score (nSPS) is 5.50. The van der Waals surface area contributed by atoms with Crippen LogP contribution in [0.5, 0.6) is 0 Å². The van der Waals surface area contributed by atoms with Gasteiger partial charge in [0.15, 0.2) is 0 Å². The van der Waals surface area contributed by atoms with Gasteiger partial charge in [-0.05, 0) is 0 Å². The van der Waals surface area contributed by atoms with E-state index < -0.39 is 0 Å². The van der Waals surface area contributed by atoms with Crippen molar-refractivity contribution in [2.45, 2.75) is 0 Å². The summed E-state index contributed by atoms with van der Waals surface area (Å²) in [5.41, 5.74) is 0. The monoisotopic (exact) mass is 284 g/mol. The molecule has 0 aliphatic heterocycles. The summed E-state index contributed by atoms with van der Waals surface area (Å²) < 4.78 is 0. The predicted molar refractivity (Wildman–Crippen MR) is 17.9 cm³/mol. The molecule has 0 spiro atoms. The van der Waals surface area contributed by atoms with E-state index in [-0.39, 0.29) is 17.1 Å². The Morgan fingerprint density at radius 1 is 1.25 bits per heavy atom. The van der Waals surface area contributed by atoms with Crippen LogP contribution in [-0.4, -0.2) is 0 Å². The topological polar surface area (TPSA) is 0 Å². The van der Waals surface area contributed by atoms with Gasteiger partial charge in [0.05, 0.1) is 0 Å². The Balaban J connectivity index is 0. The van der Waals surface area contributed by atoms with E-state index in [0.717, 1.165) is 0 Å². The van der Waals surface area contributed by atoms with Gasteiger partial charge in [-0.15, -0.1) is 0 Å². The van der Waals surface area contributed by atoms with Gasteiger partial charge in [0.25, 0.3) is 0 Å². The molecule has 0 aliphatic carbocycles. The van der Waals surface area contributed by atoms with Crippen LogP contribution < -0.4 is 0 Å². The van der Waals surface area contributed by atoms with Gasteiger partial charge in [-0.25, -0.2) is 0 Å². The first kappa shape index (κ1) is 9.37. The number of halogens is 2. The molecular weight excluding hydrogens is 287 g/mol. The zero-order valence-corrected chi connectivity index (χ0v) is 6.41. The van der Waals surface area contributed by atoms with Crippen LogP contribution in [-0.2, 0) is 28.4 Å². The van der Waals surface area contributed by atoms with Crippen LogP contribution in [0.25, 0.3) is 0 Å². The Morgan fingerprint density at radius 2 is 1.25 bits per heavy atom. The van der Waals surface area contributed by atoms with Gasteiger partial charge in [0.1, 0.15) is 0 Å². The summed E-state index contributed by atoms with van der Waals surface area (Å²) >= 11 is 7.38. The van der Waals surface area contributed by atoms with Gasteiger partial charge in [0.2, 0.25) is 0 Å². The van der Waals surface area contributed by atoms with E-state index >= 15 is 0 Å². The molecule has 0 N–H and O–H groups in total. The third-order valence-electron chi connectivity index (χ3n) is 0. The molecule has 0 atom stereocenters. The van der Waals surface area contributed by atoms with Crippen LogP contribution >= 0.6 is 28.2 Å². The van der Waals surface area contributed by atoms with E-state index in [1.54, 1.807) is 0 Å². The van der Waals surface area contributed by atoms with Crippen molar-refractivity contribution in [2.75, 3.05) is 0 Å². The van der Waals surface area contributed by atoms with E-state index in [0.29, 0.717) is 0 Å². The summed E-state index contributed by atoms with van der Waals surface area (Å²) in [6.07, 6.45) is 0. The van der Waals surface area contributed by atoms with E-state index in [4.69, 9.17) is 0 Å². The fourth-order valence-electron chi connectivity index (χ4n) is 0. The number of rotatable bonds is 0. The third kappa shape index (κ3) is 9.00. The minimum atomic E-state index is 0. The molecule has 0 unspecified atom stereocenters. The van der Waals surface area contributed by atoms with Crippen molar-refractivity contribution >= 4 is 28.2 Å². The molecule has 0 saturated carbocycles. The van der Waals surface area contributed by atoms with E-state index in [9.17, 15) is 0 Å². The van der Waals surface area contributed by atoms with Gasteiger partial charge in [0, 0.05) is 17.1 Å². The van der Waals surface area contributed by atoms with Crippen molar-refractivity contribution in [1.29, 1.82) is 0 Å². The second-order valence-corrected chi connectivity index (χ2v) is 4.80. The summed E-state index contributed by atoms with van der Waals surface area (Å²) in [7, 11) is 0. The van der Waals surface area contributed by atoms with Crippen molar-refractivity contribution in [2.24, 2.45) is 0 Å². The predicted octanol–water partition coefficient (Wildman–Crippen LogP) is 1.69. The third-order valence-corrected chi connectivity index (χ3v) is 0. The molecule has 4 heavy (non-hydrogen) atoms. The van der Waals surface area contributed by atoms with Crippen molar-refractivity contribution in [1.82, 2.24) is 0 Å². The SMILES string of the molecule is [Br][Cu][Br].[Cu]. The molecule has 1 radical (unpaired) electrons. The summed E-state index contributed by atoms with van der Waals surface area (Å²) in [5.74, 6) is 0. The molecule has 0 saturated heterocycles. The summed E-state index contributed by atoms with van der Waals surface area (Å²) in [5, 5.41) is 0. The second-order valence-electron chi connectivity index (χ2n) is 0.0431. The molecule has 0 heterocycles. The van der Waals surface area contributed by atoms with Crippen LogP contribution in [0.2, 0.25) is 0 Å². The minimum absolute atomic E-state index is 0. The summed E-state index contributed by atoms with van der Waals surface area (Å²) in [6.45, 7) is 0. The zero-order valence-electron chi connectivity index (χ0n) is 1.36. The average Bonchev–Trinajstić information content (AvgIpc) is 0.918. The standard InChI is InChI=1S/2BrH.2Cu/h2*1H;;/q;;;+2/p-2. The molecule has 0 nitrogen and oxygen atoms in total. The first-order valence-corrected chi connectivity index (χ1v) is 4.88. The maximum atomic E-state index is 2.97. The second kappa shape index (κ2) is 8.89. The van der Waals surface area contributed by atoms with E-state index in [2.05, 4.69) is 28.2 Å². The molecular formula is Br2Cu2. The van der Waals surface area contributed by atoms with Crippen molar-refractivity contribution in [3.63, 3.8) is 0 Å². The molecule has 0 aliphatic rings. The molecule has 0 amide bonds. The Hall–Kier alpha value is 2.00. The van der Waals surface area contributed by atoms with Gasteiger partial charge >= 0.3 is 39.6 Å². The summed E-state index contributed by atoms with van der Waals surface area (Å²) in [6, 6.07) is 0. The first-order valence-electron chi connectivity index (χ1n) is 0.228. The van der Waals surface area contributed by atoms with Gasteiger partial charge in [-0.3, -0.25) is 0 Å². The molecule has 0 aromatic heterocycles. The molecule has 0 bridgehead atoms. The van der Waals surface area contributed by atoms with Crippen LogP contribution in [0.15, 0.2) is 0 Å². The van der Waals surface area contributed by atoms with Crippen molar-refractivity contribution in [3.05, 3.63) is 0 Å². The average molecular weight is 287 g/mol. The maximum Gasteiger partial charge on any atom is 0 e. The fourth-order valence-corrected chi connectivity index (χ4v) is 0. The van der Waals surface area contributed by atoms with E-state index in [1.165, 1.54) is 11.3 Å². The Bertz CT molecular complexity index is 4.00. The largest absolute Gasteiger partial charge is 0 e. The number of hydrogen-bond acceptors (Lipinski definition) is 0. The Kier molecular flexibility index (Phi) is 20.8.